The molecule has 0 saturated carbocycles. The van der Waals surface area contributed by atoms with Gasteiger partial charge in [-0.1, -0.05) is 22.0 Å². The molecule has 0 unspecified atom stereocenters. The molecule has 2 aromatic rings. The van der Waals surface area contributed by atoms with Gasteiger partial charge in [-0.15, -0.1) is 0 Å². The third-order valence-corrected chi connectivity index (χ3v) is 4.08. The van der Waals surface area contributed by atoms with Crippen LogP contribution in [-0.4, -0.2) is 23.1 Å². The van der Waals surface area contributed by atoms with Gasteiger partial charge >= 0.3 is 0 Å². The molecule has 0 atom stereocenters. The van der Waals surface area contributed by atoms with Crippen molar-refractivity contribution in [1.82, 2.24) is 5.32 Å². The number of carbonyl (C=O) groups is 1. The highest BCUT2D eigenvalue weighted by Gasteiger charge is 2.17. The molecule has 0 aliphatic carbocycles. The summed E-state index contributed by atoms with van der Waals surface area (Å²) in [5.74, 6) is -0.0613. The van der Waals surface area contributed by atoms with Crippen molar-refractivity contribution in [2.75, 3.05) is 12.4 Å². The molecule has 0 fully saturated rings. The third kappa shape index (κ3) is 4.52. The second-order valence-corrected chi connectivity index (χ2v) is 6.28. The third-order valence-electron chi connectivity index (χ3n) is 3.38. The Balaban J connectivity index is 2.16. The number of hydrogen-bond donors (Lipinski definition) is 2. The van der Waals surface area contributed by atoms with E-state index < -0.39 is 10.8 Å². The first-order valence-corrected chi connectivity index (χ1v) is 8.23. The van der Waals surface area contributed by atoms with Crippen LogP contribution in [0.3, 0.4) is 0 Å². The monoisotopic (exact) mass is 423 g/mol. The number of hydrogen-bond acceptors (Lipinski definition) is 5. The molecule has 0 aromatic heterocycles. The van der Waals surface area contributed by atoms with Crippen molar-refractivity contribution in [3.05, 3.63) is 62.1 Å². The van der Waals surface area contributed by atoms with E-state index in [4.69, 9.17) is 17.0 Å². The number of thiocarbonyl (C=S) groups is 1. The normalized spacial score (nSPS) is 10.0. The van der Waals surface area contributed by atoms with E-state index in [9.17, 15) is 14.9 Å². The molecule has 0 aliphatic rings. The predicted octanol–water partition coefficient (Wildman–Crippen LogP) is 3.80. The zero-order chi connectivity index (χ0) is 18.6. The van der Waals surface area contributed by atoms with Gasteiger partial charge < -0.3 is 10.1 Å². The van der Waals surface area contributed by atoms with E-state index in [0.29, 0.717) is 27.0 Å². The summed E-state index contributed by atoms with van der Waals surface area (Å²) in [6.45, 7) is 1.60. The van der Waals surface area contributed by atoms with Crippen molar-refractivity contribution < 1.29 is 14.5 Å². The number of carbonyl (C=O) groups excluding carboxylic acids is 1. The van der Waals surface area contributed by atoms with Crippen molar-refractivity contribution in [2.45, 2.75) is 6.92 Å². The first-order valence-electron chi connectivity index (χ1n) is 7.03. The fourth-order valence-electron chi connectivity index (χ4n) is 2.14. The number of amides is 1. The summed E-state index contributed by atoms with van der Waals surface area (Å²) in [6, 6.07) is 9.58. The van der Waals surface area contributed by atoms with Crippen LogP contribution in [0, 0.1) is 17.0 Å². The van der Waals surface area contributed by atoms with Gasteiger partial charge in [0, 0.05) is 10.5 Å². The molecule has 25 heavy (non-hydrogen) atoms. The maximum absolute atomic E-state index is 12.4. The minimum absolute atomic E-state index is 0.0237. The van der Waals surface area contributed by atoms with E-state index in [1.54, 1.807) is 31.2 Å². The molecule has 2 N–H and O–H groups in total. The van der Waals surface area contributed by atoms with Gasteiger partial charge in [0.1, 0.15) is 5.75 Å². The summed E-state index contributed by atoms with van der Waals surface area (Å²) in [7, 11) is 1.46. The maximum atomic E-state index is 12.4. The number of methoxy groups -OCH3 is 1. The van der Waals surface area contributed by atoms with Gasteiger partial charge in [0.2, 0.25) is 0 Å². The lowest BCUT2D eigenvalue weighted by Crippen LogP contribution is -2.34. The fourth-order valence-corrected chi connectivity index (χ4v) is 2.70. The van der Waals surface area contributed by atoms with Gasteiger partial charge in [-0.3, -0.25) is 20.2 Å². The number of benzene rings is 2. The van der Waals surface area contributed by atoms with E-state index in [1.165, 1.54) is 19.2 Å². The lowest BCUT2D eigenvalue weighted by molar-refractivity contribution is -0.385. The molecule has 7 nitrogen and oxygen atoms in total. The Hall–Kier alpha value is -2.52. The molecule has 9 heteroatoms. The number of nitrogens with one attached hydrogen (secondary N) is 2. The van der Waals surface area contributed by atoms with Gasteiger partial charge in [0.25, 0.3) is 11.6 Å². The first-order chi connectivity index (χ1) is 11.8. The van der Waals surface area contributed by atoms with Crippen LogP contribution < -0.4 is 15.4 Å². The average Bonchev–Trinajstić information content (AvgIpc) is 2.56. The Kier molecular flexibility index (Phi) is 6.05. The number of halogens is 1. The summed E-state index contributed by atoms with van der Waals surface area (Å²) in [5, 5.41) is 16.3. The molecule has 0 bridgehead atoms. The zero-order valence-corrected chi connectivity index (χ0v) is 15.7. The average molecular weight is 424 g/mol. The van der Waals surface area contributed by atoms with Crippen LogP contribution in [-0.2, 0) is 0 Å². The summed E-state index contributed by atoms with van der Waals surface area (Å²) in [4.78, 5) is 22.9. The van der Waals surface area contributed by atoms with Gasteiger partial charge in [-0.05, 0) is 43.4 Å². The zero-order valence-electron chi connectivity index (χ0n) is 13.3. The van der Waals surface area contributed by atoms with Crippen LogP contribution in [0.25, 0.3) is 0 Å². The molecule has 1 amide bonds. The van der Waals surface area contributed by atoms with Crippen LogP contribution in [0.1, 0.15) is 15.9 Å². The van der Waals surface area contributed by atoms with Crippen LogP contribution in [0.4, 0.5) is 11.4 Å². The van der Waals surface area contributed by atoms with E-state index in [2.05, 4.69) is 26.6 Å². The van der Waals surface area contributed by atoms with Crippen molar-refractivity contribution in [3.63, 3.8) is 0 Å². The second-order valence-electron chi connectivity index (χ2n) is 4.96. The number of nitro groups is 1. The molecule has 0 heterocycles. The number of nitro benzene ring substituents is 1. The van der Waals surface area contributed by atoms with Gasteiger partial charge in [0.15, 0.2) is 5.11 Å². The summed E-state index contributed by atoms with van der Waals surface area (Å²) >= 11 is 8.42. The smallest absolute Gasteiger partial charge is 0.274 e. The van der Waals surface area contributed by atoms with E-state index in [0.717, 1.165) is 0 Å². The Morgan fingerprint density at radius 1 is 1.32 bits per heavy atom. The highest BCUT2D eigenvalue weighted by Crippen LogP contribution is 2.25. The van der Waals surface area contributed by atoms with E-state index in [1.807, 2.05) is 0 Å². The molecule has 0 spiro atoms. The number of rotatable bonds is 4. The summed E-state index contributed by atoms with van der Waals surface area (Å²) < 4.78 is 5.88. The van der Waals surface area contributed by atoms with Gasteiger partial charge in [0.05, 0.1) is 28.8 Å². The molecule has 0 aliphatic heterocycles. The van der Waals surface area contributed by atoms with Crippen LogP contribution in [0.15, 0.2) is 40.9 Å². The Labute approximate surface area is 157 Å². The quantitative estimate of drug-likeness (QED) is 0.441. The Bertz CT molecular complexity index is 857. The highest BCUT2D eigenvalue weighted by molar-refractivity contribution is 9.10. The lowest BCUT2D eigenvalue weighted by Gasteiger charge is -2.13. The molecule has 0 radical (unpaired) electrons. The summed E-state index contributed by atoms with van der Waals surface area (Å²) in [6.07, 6.45) is 0. The molecular formula is C16H14BrN3O4S. The fraction of sp³-hybridized carbons (Fsp3) is 0.125. The highest BCUT2D eigenvalue weighted by atomic mass is 79.9. The molecule has 130 valence electrons. The van der Waals surface area contributed by atoms with Crippen LogP contribution in [0.5, 0.6) is 5.75 Å². The Morgan fingerprint density at radius 3 is 2.68 bits per heavy atom. The minimum atomic E-state index is -0.478. The van der Waals surface area contributed by atoms with Crippen molar-refractivity contribution >= 4 is 50.5 Å². The Morgan fingerprint density at radius 2 is 2.04 bits per heavy atom. The van der Waals surface area contributed by atoms with E-state index in [-0.39, 0.29) is 10.8 Å². The molecule has 2 aromatic carbocycles. The molecule has 0 saturated heterocycles. The molecular weight excluding hydrogens is 410 g/mol. The minimum Gasteiger partial charge on any atom is -0.496 e. The van der Waals surface area contributed by atoms with E-state index >= 15 is 0 Å². The first kappa shape index (κ1) is 18.8. The maximum Gasteiger partial charge on any atom is 0.274 e. The number of ether oxygens (including phenoxy) is 1. The lowest BCUT2D eigenvalue weighted by atomic mass is 10.1. The van der Waals surface area contributed by atoms with Crippen LogP contribution in [0.2, 0.25) is 0 Å². The predicted molar refractivity (Wildman–Crippen MR) is 102 cm³/mol. The molecule has 2 rings (SSSR count). The standard InChI is InChI=1S/C16H14BrN3O4S/c1-9-12(4-3-5-13(9)20(22)23)18-16(25)19-15(21)11-8-10(17)6-7-14(11)24-2/h3-8H,1-2H3,(H2,18,19,21,25). The number of anilines is 1. The topological polar surface area (TPSA) is 93.5 Å². The van der Waals surface area contributed by atoms with Gasteiger partial charge in [-0.25, -0.2) is 0 Å². The SMILES string of the molecule is COc1ccc(Br)cc1C(=O)NC(=S)Nc1cccc([N+](=O)[O-])c1C. The second kappa shape index (κ2) is 8.04. The largest absolute Gasteiger partial charge is 0.496 e. The number of nitrogens with zero attached hydrogens (tertiary/aromatic N) is 1. The van der Waals surface area contributed by atoms with Crippen molar-refractivity contribution in [1.29, 1.82) is 0 Å². The van der Waals surface area contributed by atoms with Crippen LogP contribution >= 0.6 is 28.1 Å². The van der Waals surface area contributed by atoms with Gasteiger partial charge in [-0.2, -0.15) is 0 Å². The van der Waals surface area contributed by atoms with Crippen molar-refractivity contribution in [2.24, 2.45) is 0 Å². The summed E-state index contributed by atoms with van der Waals surface area (Å²) in [5.41, 5.74) is 1.13. The van der Waals surface area contributed by atoms with Crippen molar-refractivity contribution in [3.8, 4) is 5.75 Å².